The summed E-state index contributed by atoms with van der Waals surface area (Å²) in [4.78, 5) is 15.3. The second kappa shape index (κ2) is 7.35. The summed E-state index contributed by atoms with van der Waals surface area (Å²) in [7, 11) is -2.28. The van der Waals surface area contributed by atoms with Gasteiger partial charge in [0, 0.05) is 17.6 Å². The van der Waals surface area contributed by atoms with Crippen LogP contribution in [0.15, 0.2) is 45.7 Å². The maximum atomic E-state index is 12.8. The molecule has 3 saturated heterocycles. The van der Waals surface area contributed by atoms with Crippen molar-refractivity contribution in [2.75, 3.05) is 20.1 Å². The molecule has 7 nitrogen and oxygen atoms in total. The van der Waals surface area contributed by atoms with Gasteiger partial charge in [0.1, 0.15) is 5.76 Å². The molecule has 5 rings (SSSR count). The average molecular weight is 404 g/mol. The van der Waals surface area contributed by atoms with E-state index in [0.29, 0.717) is 23.3 Å². The number of hydrogen-bond donors (Lipinski definition) is 2. The van der Waals surface area contributed by atoms with Gasteiger partial charge < -0.3 is 9.73 Å². The number of piperidine rings is 3. The minimum Gasteiger partial charge on any atom is -0.451 e. The number of nitrogens with zero attached hydrogens (tertiary/aromatic N) is 1. The highest BCUT2D eigenvalue weighted by atomic mass is 32.2. The molecule has 1 amide bonds. The van der Waals surface area contributed by atoms with Gasteiger partial charge in [-0.05, 0) is 70.1 Å². The number of sulfonamides is 1. The van der Waals surface area contributed by atoms with Crippen LogP contribution in [0.1, 0.15) is 30.3 Å². The number of carbonyl (C=O) groups is 1. The van der Waals surface area contributed by atoms with Crippen molar-refractivity contribution in [2.24, 2.45) is 5.92 Å². The van der Waals surface area contributed by atoms with Gasteiger partial charge in [-0.1, -0.05) is 12.1 Å². The molecule has 1 aromatic heterocycles. The zero-order chi connectivity index (χ0) is 19.9. The van der Waals surface area contributed by atoms with E-state index in [4.69, 9.17) is 4.42 Å². The summed E-state index contributed by atoms with van der Waals surface area (Å²) >= 11 is 0. The lowest BCUT2D eigenvalue weighted by Gasteiger charge is -2.49. The number of nitrogens with one attached hydrogen (secondary N) is 2. The molecular formula is C20H25N3O4S. The van der Waals surface area contributed by atoms with Crippen LogP contribution >= 0.6 is 0 Å². The molecule has 0 saturated carbocycles. The monoisotopic (exact) mass is 403 g/mol. The molecular weight excluding hydrogens is 378 g/mol. The Hall–Kier alpha value is -2.16. The first-order valence-corrected chi connectivity index (χ1v) is 11.1. The van der Waals surface area contributed by atoms with Gasteiger partial charge in [-0.2, -0.15) is 0 Å². The SMILES string of the molecule is CNS(=O)(=O)c1ccccc1-c1ccc(C(=O)N[C@@H]2C3CCN(CC3)[C@@H]2C)o1. The predicted octanol–water partition coefficient (Wildman–Crippen LogP) is 2.07. The molecule has 0 spiro atoms. The lowest BCUT2D eigenvalue weighted by atomic mass is 9.79. The van der Waals surface area contributed by atoms with Crippen LogP contribution in [0, 0.1) is 5.92 Å². The van der Waals surface area contributed by atoms with Crippen LogP contribution in [0.4, 0.5) is 0 Å². The van der Waals surface area contributed by atoms with Gasteiger partial charge in [0.15, 0.2) is 5.76 Å². The number of benzene rings is 1. The molecule has 2 aromatic rings. The number of rotatable bonds is 5. The molecule has 28 heavy (non-hydrogen) atoms. The second-order valence-electron chi connectivity index (χ2n) is 7.48. The van der Waals surface area contributed by atoms with Crippen molar-refractivity contribution in [1.82, 2.24) is 14.9 Å². The summed E-state index contributed by atoms with van der Waals surface area (Å²) < 4.78 is 32.6. The third-order valence-corrected chi connectivity index (χ3v) is 7.49. The number of amides is 1. The van der Waals surface area contributed by atoms with Crippen molar-refractivity contribution < 1.29 is 17.6 Å². The lowest BCUT2D eigenvalue weighted by molar-refractivity contribution is 0.0211. The fourth-order valence-electron chi connectivity index (χ4n) is 4.39. The topological polar surface area (TPSA) is 91.6 Å². The molecule has 0 radical (unpaired) electrons. The minimum absolute atomic E-state index is 0.112. The maximum absolute atomic E-state index is 12.8. The Bertz CT molecular complexity index is 975. The summed E-state index contributed by atoms with van der Waals surface area (Å²) in [6.07, 6.45) is 2.21. The van der Waals surface area contributed by atoms with Gasteiger partial charge in [0.25, 0.3) is 5.91 Å². The molecule has 0 unspecified atom stereocenters. The van der Waals surface area contributed by atoms with Crippen LogP contribution in [0.5, 0.6) is 0 Å². The molecule has 8 heteroatoms. The van der Waals surface area contributed by atoms with Crippen LogP contribution < -0.4 is 10.0 Å². The normalized spacial score (nSPS) is 26.9. The van der Waals surface area contributed by atoms with E-state index in [9.17, 15) is 13.2 Å². The van der Waals surface area contributed by atoms with Gasteiger partial charge in [-0.25, -0.2) is 13.1 Å². The molecule has 0 aliphatic carbocycles. The summed E-state index contributed by atoms with van der Waals surface area (Å²) in [6, 6.07) is 10.2. The lowest BCUT2D eigenvalue weighted by Crippen LogP contribution is -2.62. The summed E-state index contributed by atoms with van der Waals surface area (Å²) in [6.45, 7) is 4.35. The van der Waals surface area contributed by atoms with Crippen molar-refractivity contribution in [3.05, 3.63) is 42.2 Å². The molecule has 1 aromatic carbocycles. The number of carbonyl (C=O) groups excluding carboxylic acids is 1. The Morgan fingerprint density at radius 2 is 1.86 bits per heavy atom. The quantitative estimate of drug-likeness (QED) is 0.797. The highest BCUT2D eigenvalue weighted by Crippen LogP contribution is 2.33. The van der Waals surface area contributed by atoms with Gasteiger partial charge in [-0.3, -0.25) is 9.69 Å². The zero-order valence-corrected chi connectivity index (χ0v) is 16.8. The van der Waals surface area contributed by atoms with Crippen LogP contribution in [0.3, 0.4) is 0 Å². The van der Waals surface area contributed by atoms with Crippen LogP contribution in [-0.2, 0) is 10.0 Å². The van der Waals surface area contributed by atoms with Crippen molar-refractivity contribution in [3.63, 3.8) is 0 Å². The first-order valence-electron chi connectivity index (χ1n) is 9.58. The van der Waals surface area contributed by atoms with E-state index in [2.05, 4.69) is 21.9 Å². The van der Waals surface area contributed by atoms with E-state index in [-0.39, 0.29) is 22.6 Å². The van der Waals surface area contributed by atoms with Crippen LogP contribution in [-0.4, -0.2) is 51.4 Å². The standard InChI is InChI=1S/C20H25N3O4S/c1-13-19(14-9-11-23(13)12-10-14)22-20(24)17-8-7-16(27-17)15-5-3-4-6-18(15)28(25,26)21-2/h3-8,13-14,19,21H,9-12H2,1-2H3,(H,22,24)/t13-,19+/m1/s1. The zero-order valence-electron chi connectivity index (χ0n) is 16.0. The molecule has 2 N–H and O–H groups in total. The van der Waals surface area contributed by atoms with Gasteiger partial charge in [-0.15, -0.1) is 0 Å². The van der Waals surface area contributed by atoms with Gasteiger partial charge in [0.2, 0.25) is 10.0 Å². The van der Waals surface area contributed by atoms with E-state index in [1.165, 1.54) is 13.1 Å². The van der Waals surface area contributed by atoms with Crippen molar-refractivity contribution in [1.29, 1.82) is 0 Å². The fourth-order valence-corrected chi connectivity index (χ4v) is 5.32. The molecule has 3 aliphatic rings. The molecule has 4 heterocycles. The molecule has 3 fully saturated rings. The summed E-state index contributed by atoms with van der Waals surface area (Å²) in [5.74, 6) is 0.780. The molecule has 150 valence electrons. The molecule has 2 bridgehead atoms. The average Bonchev–Trinajstić information content (AvgIpc) is 3.21. The minimum atomic E-state index is -3.64. The summed E-state index contributed by atoms with van der Waals surface area (Å²) in [5, 5.41) is 3.13. The summed E-state index contributed by atoms with van der Waals surface area (Å²) in [5.41, 5.74) is 0.423. The van der Waals surface area contributed by atoms with E-state index >= 15 is 0 Å². The highest BCUT2D eigenvalue weighted by Gasteiger charge is 2.40. The van der Waals surface area contributed by atoms with E-state index < -0.39 is 10.0 Å². The molecule has 2 atom stereocenters. The van der Waals surface area contributed by atoms with Crippen LogP contribution in [0.25, 0.3) is 11.3 Å². The maximum Gasteiger partial charge on any atom is 0.287 e. The Morgan fingerprint density at radius 1 is 1.14 bits per heavy atom. The smallest absolute Gasteiger partial charge is 0.287 e. The first-order chi connectivity index (χ1) is 13.4. The second-order valence-corrected chi connectivity index (χ2v) is 9.34. The fraction of sp³-hybridized carbons (Fsp3) is 0.450. The Labute approximate surface area is 165 Å². The highest BCUT2D eigenvalue weighted by molar-refractivity contribution is 7.89. The van der Waals surface area contributed by atoms with Gasteiger partial charge >= 0.3 is 0 Å². The van der Waals surface area contributed by atoms with E-state index in [1.54, 1.807) is 30.3 Å². The Kier molecular flexibility index (Phi) is 5.03. The number of furan rings is 1. The van der Waals surface area contributed by atoms with Crippen molar-refractivity contribution in [2.45, 2.75) is 36.7 Å². The van der Waals surface area contributed by atoms with Crippen molar-refractivity contribution in [3.8, 4) is 11.3 Å². The predicted molar refractivity (Wildman–Crippen MR) is 105 cm³/mol. The van der Waals surface area contributed by atoms with Crippen molar-refractivity contribution >= 4 is 15.9 Å². The first kappa shape index (κ1) is 19.2. The molecule has 3 aliphatic heterocycles. The van der Waals surface area contributed by atoms with E-state index in [1.807, 2.05) is 0 Å². The Balaban J connectivity index is 1.56. The third-order valence-electron chi connectivity index (χ3n) is 6.02. The largest absolute Gasteiger partial charge is 0.451 e. The number of hydrogen-bond acceptors (Lipinski definition) is 5. The number of fused-ring (bicyclic) bond motifs is 3. The Morgan fingerprint density at radius 3 is 2.54 bits per heavy atom. The van der Waals surface area contributed by atoms with Gasteiger partial charge in [0.05, 0.1) is 4.90 Å². The third kappa shape index (κ3) is 3.36. The van der Waals surface area contributed by atoms with Crippen LogP contribution in [0.2, 0.25) is 0 Å². The van der Waals surface area contributed by atoms with E-state index in [0.717, 1.165) is 25.9 Å².